The Hall–Kier alpha value is -3.22. The van der Waals surface area contributed by atoms with E-state index in [1.807, 2.05) is 31.2 Å². The topological polar surface area (TPSA) is 55.5 Å². The number of nitrogens with zero attached hydrogens (tertiary/aromatic N) is 5. The van der Waals surface area contributed by atoms with Gasteiger partial charge in [0.2, 0.25) is 0 Å². The van der Waals surface area contributed by atoms with Crippen LogP contribution in [0.1, 0.15) is 26.3 Å². The van der Waals surface area contributed by atoms with E-state index in [0.29, 0.717) is 0 Å². The number of anilines is 2. The molecule has 3 aromatic rings. The summed E-state index contributed by atoms with van der Waals surface area (Å²) in [5, 5.41) is 4.26. The van der Waals surface area contributed by atoms with Crippen molar-refractivity contribution in [3.63, 3.8) is 0 Å². The minimum absolute atomic E-state index is 0.0942. The molecular weight excluding hydrogens is 378 g/mol. The highest BCUT2D eigenvalue weighted by molar-refractivity contribution is 5.54. The molecule has 2 heterocycles. The quantitative estimate of drug-likeness (QED) is 0.627. The van der Waals surface area contributed by atoms with E-state index in [9.17, 15) is 4.79 Å². The second-order valence-corrected chi connectivity index (χ2v) is 7.61. The first-order valence-corrected chi connectivity index (χ1v) is 10.4. The van der Waals surface area contributed by atoms with Crippen LogP contribution in [0.5, 0.6) is 5.75 Å². The number of hydrogen-bond donors (Lipinski definition) is 0. The van der Waals surface area contributed by atoms with E-state index >= 15 is 0 Å². The molecule has 0 saturated carbocycles. The summed E-state index contributed by atoms with van der Waals surface area (Å²) in [6, 6.07) is 16.3. The molecule has 30 heavy (non-hydrogen) atoms. The Balaban J connectivity index is 1.42. The molecule has 1 atom stereocenters. The molecule has 0 spiro atoms. The third kappa shape index (κ3) is 3.92. The summed E-state index contributed by atoms with van der Waals surface area (Å²) in [6.45, 7) is 7.85. The lowest BCUT2D eigenvalue weighted by molar-refractivity contribution is 0.460. The number of piperazine rings is 1. The zero-order valence-electron chi connectivity index (χ0n) is 17.6. The molecule has 7 nitrogen and oxygen atoms in total. The molecule has 157 valence electrons. The van der Waals surface area contributed by atoms with Gasteiger partial charge >= 0.3 is 5.69 Å². The van der Waals surface area contributed by atoms with Crippen molar-refractivity contribution in [2.24, 2.45) is 0 Å². The number of benzene rings is 2. The van der Waals surface area contributed by atoms with E-state index in [4.69, 9.17) is 4.74 Å². The van der Waals surface area contributed by atoms with Crippen molar-refractivity contribution in [3.8, 4) is 11.4 Å². The molecule has 1 aliphatic heterocycles. The molecule has 0 N–H and O–H groups in total. The lowest BCUT2D eigenvalue weighted by Gasteiger charge is -2.37. The van der Waals surface area contributed by atoms with Gasteiger partial charge in [-0.25, -0.2) is 14.0 Å². The molecule has 1 saturated heterocycles. The van der Waals surface area contributed by atoms with E-state index in [-0.39, 0.29) is 11.7 Å². The number of rotatable bonds is 6. The van der Waals surface area contributed by atoms with Crippen LogP contribution in [-0.2, 0) is 0 Å². The van der Waals surface area contributed by atoms with Gasteiger partial charge in [-0.15, -0.1) is 0 Å². The van der Waals surface area contributed by atoms with Crippen molar-refractivity contribution in [1.29, 1.82) is 0 Å². The lowest BCUT2D eigenvalue weighted by atomic mass is 10.2. The van der Waals surface area contributed by atoms with Crippen LogP contribution >= 0.6 is 0 Å². The van der Waals surface area contributed by atoms with E-state index in [1.54, 1.807) is 15.6 Å². The van der Waals surface area contributed by atoms with E-state index in [2.05, 4.69) is 53.2 Å². The van der Waals surface area contributed by atoms with Crippen LogP contribution in [0, 0.1) is 7.11 Å². The normalized spacial score (nSPS) is 15.3. The number of ether oxygens (including phenoxy) is 1. The molecule has 1 radical (unpaired) electrons. The minimum atomic E-state index is -0.0963. The fourth-order valence-corrected chi connectivity index (χ4v) is 3.77. The molecule has 4 rings (SSSR count). The van der Waals surface area contributed by atoms with Crippen molar-refractivity contribution in [2.45, 2.75) is 26.3 Å². The van der Waals surface area contributed by atoms with Gasteiger partial charge in [0.15, 0.2) is 0 Å². The SMILES string of the molecule is [CH2]Oc1ccc(N2CCN(c3ccc(-n4cnn(C(C)CC)c4=O)cc3)CC2)cc1. The molecule has 7 heteroatoms. The van der Waals surface area contributed by atoms with Crippen LogP contribution in [0.2, 0.25) is 0 Å². The molecule has 0 bridgehead atoms. The highest BCUT2D eigenvalue weighted by Crippen LogP contribution is 2.23. The van der Waals surface area contributed by atoms with Gasteiger partial charge in [0, 0.05) is 37.6 Å². The van der Waals surface area contributed by atoms with Gasteiger partial charge in [-0.05, 0) is 61.9 Å². The van der Waals surface area contributed by atoms with Crippen LogP contribution in [0.25, 0.3) is 5.69 Å². The Morgan fingerprint density at radius 3 is 1.93 bits per heavy atom. The zero-order valence-corrected chi connectivity index (χ0v) is 17.6. The number of hydrogen-bond acceptors (Lipinski definition) is 5. The molecule has 0 aliphatic carbocycles. The first kappa shape index (κ1) is 20.1. The maximum absolute atomic E-state index is 12.6. The van der Waals surface area contributed by atoms with Crippen molar-refractivity contribution in [1.82, 2.24) is 14.3 Å². The smallest absolute Gasteiger partial charge is 0.350 e. The summed E-state index contributed by atoms with van der Waals surface area (Å²) in [5.41, 5.74) is 3.11. The van der Waals surface area contributed by atoms with Crippen LogP contribution in [0.15, 0.2) is 59.7 Å². The summed E-state index contributed by atoms with van der Waals surface area (Å²) < 4.78 is 8.14. The van der Waals surface area contributed by atoms with Crippen molar-refractivity contribution >= 4 is 11.4 Å². The van der Waals surface area contributed by atoms with Crippen molar-refractivity contribution < 1.29 is 4.74 Å². The maximum Gasteiger partial charge on any atom is 0.350 e. The van der Waals surface area contributed by atoms with Crippen LogP contribution < -0.4 is 20.2 Å². The summed E-state index contributed by atoms with van der Waals surface area (Å²) in [4.78, 5) is 17.4. The Morgan fingerprint density at radius 2 is 1.43 bits per heavy atom. The number of aromatic nitrogens is 3. The van der Waals surface area contributed by atoms with E-state index < -0.39 is 0 Å². The third-order valence-electron chi connectivity index (χ3n) is 5.84. The van der Waals surface area contributed by atoms with Gasteiger partial charge in [-0.1, -0.05) is 6.92 Å². The van der Waals surface area contributed by atoms with Crippen LogP contribution in [0.4, 0.5) is 11.4 Å². The predicted molar refractivity (Wildman–Crippen MR) is 120 cm³/mol. The Labute approximate surface area is 177 Å². The molecule has 1 aromatic heterocycles. The lowest BCUT2D eigenvalue weighted by Crippen LogP contribution is -2.46. The largest absolute Gasteiger partial charge is 0.490 e. The fourth-order valence-electron chi connectivity index (χ4n) is 3.77. The summed E-state index contributed by atoms with van der Waals surface area (Å²) >= 11 is 0. The second kappa shape index (κ2) is 8.65. The van der Waals surface area contributed by atoms with Gasteiger partial charge in [-0.2, -0.15) is 5.10 Å². The Morgan fingerprint density at radius 1 is 0.933 bits per heavy atom. The van der Waals surface area contributed by atoms with Crippen LogP contribution in [0.3, 0.4) is 0 Å². The minimum Gasteiger partial charge on any atom is -0.490 e. The first-order chi connectivity index (χ1) is 14.6. The standard InChI is InChI=1S/C23H28N5O2/c1-4-18(2)28-23(29)27(17-24-28)21-7-5-19(6-8-21)25-13-15-26(16-14-25)20-9-11-22(30-3)12-10-20/h5-12,17-18H,3-4,13-16H2,1-2H3. The molecule has 2 aromatic carbocycles. The molecular formula is C23H28N5O2. The molecule has 0 amide bonds. The van der Waals surface area contributed by atoms with Crippen LogP contribution in [-0.4, -0.2) is 40.5 Å². The fraction of sp³-hybridized carbons (Fsp3) is 0.348. The van der Waals surface area contributed by atoms with Gasteiger partial charge in [0.05, 0.1) is 11.7 Å². The Kier molecular flexibility index (Phi) is 5.79. The van der Waals surface area contributed by atoms with E-state index in [1.165, 1.54) is 11.4 Å². The first-order valence-electron chi connectivity index (χ1n) is 10.4. The van der Waals surface area contributed by atoms with Crippen molar-refractivity contribution in [3.05, 3.63) is 72.5 Å². The van der Waals surface area contributed by atoms with Crippen molar-refractivity contribution in [2.75, 3.05) is 36.0 Å². The summed E-state index contributed by atoms with van der Waals surface area (Å²) in [7, 11) is 3.44. The second-order valence-electron chi connectivity index (χ2n) is 7.61. The van der Waals surface area contributed by atoms with Gasteiger partial charge in [0.1, 0.15) is 19.2 Å². The summed E-state index contributed by atoms with van der Waals surface area (Å²) in [6.07, 6.45) is 2.47. The van der Waals surface area contributed by atoms with E-state index in [0.717, 1.165) is 44.0 Å². The predicted octanol–water partition coefficient (Wildman–Crippen LogP) is 3.50. The highest BCUT2D eigenvalue weighted by Gasteiger charge is 2.18. The third-order valence-corrected chi connectivity index (χ3v) is 5.84. The monoisotopic (exact) mass is 406 g/mol. The molecule has 1 fully saturated rings. The van der Waals surface area contributed by atoms with Gasteiger partial charge < -0.3 is 14.5 Å². The zero-order chi connectivity index (χ0) is 21.1. The summed E-state index contributed by atoms with van der Waals surface area (Å²) in [5.74, 6) is 0.770. The van der Waals surface area contributed by atoms with Gasteiger partial charge in [-0.3, -0.25) is 0 Å². The van der Waals surface area contributed by atoms with Gasteiger partial charge in [0.25, 0.3) is 0 Å². The maximum atomic E-state index is 12.6. The molecule has 1 aliphatic rings. The average Bonchev–Trinajstić information content (AvgIpc) is 3.20. The molecule has 1 unspecified atom stereocenters. The highest BCUT2D eigenvalue weighted by atomic mass is 16.5. The Bertz CT molecular complexity index is 1010. The average molecular weight is 407 g/mol.